The van der Waals surface area contributed by atoms with E-state index in [0.717, 1.165) is 10.0 Å². The Bertz CT molecular complexity index is 1230. The number of halogens is 2. The highest BCUT2D eigenvalue weighted by Gasteiger charge is 2.21. The minimum absolute atomic E-state index is 0.363. The molecule has 0 fully saturated rings. The standard InChI is InChI=1S/C26H25Br2N3O5/c1-16(25(32)30-20-8-10-21(34-2)11-9-20)26(33)31-29-14-18-12-22(28)24(23(13-18)35-3)36-15-17-4-6-19(27)7-5-17/h4-14,16H,15H2,1-3H3,(H,30,32)(H,31,33). The van der Waals surface area contributed by atoms with Gasteiger partial charge in [0.1, 0.15) is 18.3 Å². The Labute approximate surface area is 226 Å². The minimum atomic E-state index is -0.958. The molecule has 0 heterocycles. The Morgan fingerprint density at radius 2 is 1.67 bits per heavy atom. The van der Waals surface area contributed by atoms with E-state index in [2.05, 4.69) is 47.7 Å². The number of hydrogen-bond donors (Lipinski definition) is 2. The zero-order valence-corrected chi connectivity index (χ0v) is 23.1. The normalized spacial score (nSPS) is 11.6. The molecule has 3 aromatic carbocycles. The van der Waals surface area contributed by atoms with Crippen LogP contribution in [-0.2, 0) is 16.2 Å². The van der Waals surface area contributed by atoms with Gasteiger partial charge < -0.3 is 19.5 Å². The number of carbonyl (C=O) groups excluding carboxylic acids is 2. The zero-order valence-electron chi connectivity index (χ0n) is 19.9. The number of ether oxygens (including phenoxy) is 3. The number of benzene rings is 3. The molecule has 1 unspecified atom stereocenters. The van der Waals surface area contributed by atoms with Gasteiger partial charge in [0.05, 0.1) is 24.9 Å². The molecular weight excluding hydrogens is 594 g/mol. The molecule has 0 bridgehead atoms. The van der Waals surface area contributed by atoms with E-state index < -0.39 is 17.7 Å². The fourth-order valence-corrected chi connectivity index (χ4v) is 3.84. The molecule has 0 aliphatic carbocycles. The lowest BCUT2D eigenvalue weighted by Crippen LogP contribution is -2.34. The summed E-state index contributed by atoms with van der Waals surface area (Å²) in [7, 11) is 3.10. The van der Waals surface area contributed by atoms with E-state index in [1.54, 1.807) is 50.6 Å². The average molecular weight is 619 g/mol. The lowest BCUT2D eigenvalue weighted by molar-refractivity contribution is -0.131. The van der Waals surface area contributed by atoms with Crippen molar-refractivity contribution >= 4 is 55.6 Å². The number of carbonyl (C=O) groups is 2. The van der Waals surface area contributed by atoms with Gasteiger partial charge in [-0.15, -0.1) is 0 Å². The highest BCUT2D eigenvalue weighted by molar-refractivity contribution is 9.10. The van der Waals surface area contributed by atoms with Crippen LogP contribution in [0.5, 0.6) is 17.2 Å². The van der Waals surface area contributed by atoms with Gasteiger partial charge in [-0.1, -0.05) is 28.1 Å². The van der Waals surface area contributed by atoms with Gasteiger partial charge in [-0.2, -0.15) is 5.10 Å². The van der Waals surface area contributed by atoms with Crippen molar-refractivity contribution in [3.05, 3.63) is 80.7 Å². The second-order valence-corrected chi connectivity index (χ2v) is 9.39. The maximum atomic E-state index is 12.4. The second kappa shape index (κ2) is 13.1. The van der Waals surface area contributed by atoms with Crippen LogP contribution in [0.15, 0.2) is 74.7 Å². The molecule has 2 N–H and O–H groups in total. The van der Waals surface area contributed by atoms with Crippen LogP contribution in [0.25, 0.3) is 0 Å². The fraction of sp³-hybridized carbons (Fsp3) is 0.192. The van der Waals surface area contributed by atoms with Crippen LogP contribution in [0.3, 0.4) is 0 Å². The number of anilines is 1. The van der Waals surface area contributed by atoms with Crippen LogP contribution in [-0.4, -0.2) is 32.2 Å². The molecule has 8 nitrogen and oxygen atoms in total. The molecule has 188 valence electrons. The van der Waals surface area contributed by atoms with E-state index in [1.807, 2.05) is 24.3 Å². The molecule has 3 rings (SSSR count). The summed E-state index contributed by atoms with van der Waals surface area (Å²) in [5, 5.41) is 6.67. The summed E-state index contributed by atoms with van der Waals surface area (Å²) in [6.07, 6.45) is 1.46. The molecule has 0 radical (unpaired) electrons. The SMILES string of the molecule is COc1ccc(NC(=O)C(C)C(=O)NN=Cc2cc(Br)c(OCc3ccc(Br)cc3)c(OC)c2)cc1. The lowest BCUT2D eigenvalue weighted by Gasteiger charge is -2.14. The van der Waals surface area contributed by atoms with E-state index in [1.165, 1.54) is 13.1 Å². The predicted molar refractivity (Wildman–Crippen MR) is 146 cm³/mol. The van der Waals surface area contributed by atoms with Gasteiger partial charge in [0, 0.05) is 10.2 Å². The van der Waals surface area contributed by atoms with E-state index >= 15 is 0 Å². The van der Waals surface area contributed by atoms with Crippen molar-refractivity contribution in [1.29, 1.82) is 0 Å². The Morgan fingerprint density at radius 3 is 2.31 bits per heavy atom. The van der Waals surface area contributed by atoms with Gasteiger partial charge in [-0.25, -0.2) is 5.43 Å². The second-order valence-electron chi connectivity index (χ2n) is 7.62. The molecule has 0 aliphatic rings. The van der Waals surface area contributed by atoms with E-state index in [4.69, 9.17) is 14.2 Å². The van der Waals surface area contributed by atoms with Crippen LogP contribution in [0.4, 0.5) is 5.69 Å². The Balaban J connectivity index is 1.58. The molecule has 1 atom stereocenters. The van der Waals surface area contributed by atoms with Crippen LogP contribution in [0.2, 0.25) is 0 Å². The summed E-state index contributed by atoms with van der Waals surface area (Å²) in [6.45, 7) is 1.86. The van der Waals surface area contributed by atoms with Crippen LogP contribution in [0, 0.1) is 5.92 Å². The average Bonchev–Trinajstić information content (AvgIpc) is 2.88. The number of nitrogens with zero attached hydrogens (tertiary/aromatic N) is 1. The maximum Gasteiger partial charge on any atom is 0.252 e. The topological polar surface area (TPSA) is 98.2 Å². The molecular formula is C26H25Br2N3O5. The number of hydrazone groups is 1. The van der Waals surface area contributed by atoms with Gasteiger partial charge in [0.2, 0.25) is 5.91 Å². The van der Waals surface area contributed by atoms with E-state index in [0.29, 0.717) is 39.6 Å². The van der Waals surface area contributed by atoms with Crippen LogP contribution < -0.4 is 25.0 Å². The van der Waals surface area contributed by atoms with Crippen molar-refractivity contribution in [3.8, 4) is 17.2 Å². The molecule has 2 amide bonds. The summed E-state index contributed by atoms with van der Waals surface area (Å²) in [5.74, 6) is -0.241. The quantitative estimate of drug-likeness (QED) is 0.177. The molecule has 0 aliphatic heterocycles. The maximum absolute atomic E-state index is 12.4. The summed E-state index contributed by atoms with van der Waals surface area (Å²) in [4.78, 5) is 24.8. The number of methoxy groups -OCH3 is 2. The van der Waals surface area contributed by atoms with Crippen molar-refractivity contribution in [2.75, 3.05) is 19.5 Å². The highest BCUT2D eigenvalue weighted by atomic mass is 79.9. The Kier molecular flexibility index (Phi) is 9.89. The molecule has 0 saturated heterocycles. The molecule has 36 heavy (non-hydrogen) atoms. The summed E-state index contributed by atoms with van der Waals surface area (Å²) >= 11 is 6.92. The van der Waals surface area contributed by atoms with Gasteiger partial charge in [-0.05, 0) is 82.5 Å². The first-order chi connectivity index (χ1) is 17.3. The van der Waals surface area contributed by atoms with Gasteiger partial charge >= 0.3 is 0 Å². The number of hydrogen-bond acceptors (Lipinski definition) is 6. The Morgan fingerprint density at radius 1 is 0.972 bits per heavy atom. The lowest BCUT2D eigenvalue weighted by atomic mass is 10.1. The third-order valence-electron chi connectivity index (χ3n) is 5.08. The predicted octanol–water partition coefficient (Wildman–Crippen LogP) is 5.53. The van der Waals surface area contributed by atoms with Crippen LogP contribution in [0.1, 0.15) is 18.1 Å². The molecule has 3 aromatic rings. The first-order valence-electron chi connectivity index (χ1n) is 10.8. The van der Waals surface area contributed by atoms with E-state index in [9.17, 15) is 9.59 Å². The van der Waals surface area contributed by atoms with Gasteiger partial charge in [0.15, 0.2) is 11.5 Å². The van der Waals surface area contributed by atoms with Crippen molar-refractivity contribution < 1.29 is 23.8 Å². The first kappa shape index (κ1) is 27.2. The van der Waals surface area contributed by atoms with Gasteiger partial charge in [-0.3, -0.25) is 9.59 Å². The summed E-state index contributed by atoms with van der Waals surface area (Å²) in [6, 6.07) is 18.2. The highest BCUT2D eigenvalue weighted by Crippen LogP contribution is 2.37. The van der Waals surface area contributed by atoms with Crippen LogP contribution >= 0.6 is 31.9 Å². The summed E-state index contributed by atoms with van der Waals surface area (Å²) in [5.41, 5.74) is 4.62. The molecule has 10 heteroatoms. The van der Waals surface area contributed by atoms with Crippen molar-refractivity contribution in [3.63, 3.8) is 0 Å². The third-order valence-corrected chi connectivity index (χ3v) is 6.20. The fourth-order valence-electron chi connectivity index (χ4n) is 3.00. The number of rotatable bonds is 10. The zero-order chi connectivity index (χ0) is 26.1. The van der Waals surface area contributed by atoms with Crippen molar-refractivity contribution in [2.24, 2.45) is 11.0 Å². The van der Waals surface area contributed by atoms with Gasteiger partial charge in [0.25, 0.3) is 5.91 Å². The van der Waals surface area contributed by atoms with Crippen molar-refractivity contribution in [2.45, 2.75) is 13.5 Å². The number of nitrogens with one attached hydrogen (secondary N) is 2. The minimum Gasteiger partial charge on any atom is -0.497 e. The first-order valence-corrected chi connectivity index (χ1v) is 12.4. The summed E-state index contributed by atoms with van der Waals surface area (Å²) < 4.78 is 18.2. The molecule has 0 spiro atoms. The monoisotopic (exact) mass is 617 g/mol. The molecule has 0 saturated carbocycles. The van der Waals surface area contributed by atoms with E-state index in [-0.39, 0.29) is 0 Å². The van der Waals surface area contributed by atoms with Crippen molar-refractivity contribution in [1.82, 2.24) is 5.43 Å². The Hall–Kier alpha value is -3.37. The largest absolute Gasteiger partial charge is 0.497 e. The molecule has 0 aromatic heterocycles. The number of amides is 2. The third kappa shape index (κ3) is 7.56. The smallest absolute Gasteiger partial charge is 0.252 e.